The molecule has 3 rings (SSSR count). The Morgan fingerprint density at radius 3 is 3.04 bits per heavy atom. The van der Waals surface area contributed by atoms with Crippen molar-refractivity contribution in [2.24, 2.45) is 5.73 Å². The minimum absolute atomic E-state index is 0. The summed E-state index contributed by atoms with van der Waals surface area (Å²) in [6, 6.07) is 0.0998. The normalized spacial score (nSPS) is 17.0. The van der Waals surface area contributed by atoms with Gasteiger partial charge >= 0.3 is 0 Å². The highest BCUT2D eigenvalue weighted by Gasteiger charge is 2.24. The number of aromatic amines is 1. The van der Waals surface area contributed by atoms with Crippen molar-refractivity contribution in [3.05, 3.63) is 17.4 Å². The van der Waals surface area contributed by atoms with Gasteiger partial charge in [-0.2, -0.15) is 0 Å². The van der Waals surface area contributed by atoms with E-state index in [9.17, 15) is 4.79 Å². The fourth-order valence-electron chi connectivity index (χ4n) is 3.24. The van der Waals surface area contributed by atoms with E-state index in [-0.39, 0.29) is 24.2 Å². The first-order valence-electron chi connectivity index (χ1n) is 8.56. The molecule has 9 heteroatoms. The summed E-state index contributed by atoms with van der Waals surface area (Å²) in [7, 11) is 0. The quantitative estimate of drug-likeness (QED) is 0.578. The number of carbonyl (C=O) groups is 1. The number of rotatable bonds is 5. The molecule has 1 aliphatic rings. The Bertz CT molecular complexity index is 806. The molecule has 5 N–H and O–H groups in total. The van der Waals surface area contributed by atoms with E-state index in [1.54, 1.807) is 12.4 Å². The first-order chi connectivity index (χ1) is 12.0. The van der Waals surface area contributed by atoms with E-state index < -0.39 is 5.91 Å². The lowest BCUT2D eigenvalue weighted by Gasteiger charge is -2.33. The molecule has 1 atom stereocenters. The Labute approximate surface area is 163 Å². The van der Waals surface area contributed by atoms with Gasteiger partial charge in [0.15, 0.2) is 0 Å². The van der Waals surface area contributed by atoms with E-state index in [1.807, 2.05) is 6.92 Å². The first-order valence-corrected chi connectivity index (χ1v) is 8.94. The highest BCUT2D eigenvalue weighted by Crippen LogP contribution is 2.38. The van der Waals surface area contributed by atoms with Gasteiger partial charge in [0, 0.05) is 25.3 Å². The molecule has 0 radical (unpaired) electrons. The summed E-state index contributed by atoms with van der Waals surface area (Å²) in [6.07, 6.45) is 6.49. The van der Waals surface area contributed by atoms with Gasteiger partial charge in [0.2, 0.25) is 0 Å². The predicted molar refractivity (Wildman–Crippen MR) is 109 cm³/mol. The number of nitrogens with one attached hydrogen (secondary N) is 3. The van der Waals surface area contributed by atoms with Crippen LogP contribution < -0.4 is 16.0 Å². The molecule has 0 bridgehead atoms. The summed E-state index contributed by atoms with van der Waals surface area (Å²) in [5.74, 6) is -0.399. The molecule has 0 spiro atoms. The third-order valence-corrected chi connectivity index (χ3v) is 4.70. The zero-order valence-electron chi connectivity index (χ0n) is 14.6. The number of fused-ring (bicyclic) bond motifs is 1. The van der Waals surface area contributed by atoms with Gasteiger partial charge in [0.1, 0.15) is 5.65 Å². The Kier molecular flexibility index (Phi) is 6.86. The third kappa shape index (κ3) is 4.11. The van der Waals surface area contributed by atoms with Crippen molar-refractivity contribution in [2.75, 3.05) is 23.3 Å². The minimum Gasteiger partial charge on any atom is -0.368 e. The number of nitrogens with two attached hydrogens (primary N) is 1. The number of halogens is 2. The summed E-state index contributed by atoms with van der Waals surface area (Å²) >= 11 is 6.45. The molecule has 2 aromatic heterocycles. The fraction of sp³-hybridized carbons (Fsp3) is 0.471. The average molecular weight is 399 g/mol. The Balaban J connectivity index is 0.00000243. The molecule has 7 nitrogen and oxygen atoms in total. The molecule has 1 saturated heterocycles. The van der Waals surface area contributed by atoms with Crippen molar-refractivity contribution in [3.8, 4) is 0 Å². The van der Waals surface area contributed by atoms with E-state index in [0.29, 0.717) is 29.3 Å². The summed E-state index contributed by atoms with van der Waals surface area (Å²) < 4.78 is 0. The van der Waals surface area contributed by atoms with Crippen LogP contribution in [-0.4, -0.2) is 40.7 Å². The van der Waals surface area contributed by atoms with Crippen molar-refractivity contribution in [1.82, 2.24) is 9.97 Å². The monoisotopic (exact) mass is 398 g/mol. The van der Waals surface area contributed by atoms with E-state index >= 15 is 0 Å². The molecule has 0 unspecified atom stereocenters. The lowest BCUT2D eigenvalue weighted by Crippen LogP contribution is -2.43. The van der Waals surface area contributed by atoms with Crippen LogP contribution in [0.4, 0.5) is 11.4 Å². The largest absolute Gasteiger partial charge is 0.368 e. The second-order valence-corrected chi connectivity index (χ2v) is 6.82. The van der Waals surface area contributed by atoms with Gasteiger partial charge in [-0.15, -0.1) is 12.4 Å². The van der Waals surface area contributed by atoms with Crippen LogP contribution in [0.3, 0.4) is 0 Å². The molecular weight excluding hydrogens is 375 g/mol. The van der Waals surface area contributed by atoms with Gasteiger partial charge in [-0.3, -0.25) is 10.2 Å². The van der Waals surface area contributed by atoms with Crippen LogP contribution in [0.25, 0.3) is 11.0 Å². The molecule has 1 aliphatic heterocycles. The highest BCUT2D eigenvalue weighted by atomic mass is 35.5. The summed E-state index contributed by atoms with van der Waals surface area (Å²) in [5, 5.41) is 11.9. The van der Waals surface area contributed by atoms with Gasteiger partial charge in [-0.1, -0.05) is 24.9 Å². The van der Waals surface area contributed by atoms with Crippen molar-refractivity contribution in [2.45, 2.75) is 38.6 Å². The maximum atomic E-state index is 12.2. The Morgan fingerprint density at radius 1 is 1.58 bits per heavy atom. The summed E-state index contributed by atoms with van der Waals surface area (Å²) in [4.78, 5) is 21.8. The van der Waals surface area contributed by atoms with Crippen molar-refractivity contribution >= 4 is 58.0 Å². The van der Waals surface area contributed by atoms with Gasteiger partial charge in [-0.25, -0.2) is 4.98 Å². The third-order valence-electron chi connectivity index (χ3n) is 4.43. The number of amides is 1. The fourth-order valence-corrected chi connectivity index (χ4v) is 3.50. The van der Waals surface area contributed by atoms with Gasteiger partial charge < -0.3 is 20.9 Å². The number of anilines is 2. The molecular formula is C17H24Cl2N6O. The number of carbonyl (C=O) groups excluding carboxylic acids is 1. The molecule has 1 fully saturated rings. The van der Waals surface area contributed by atoms with Crippen LogP contribution in [-0.2, 0) is 4.79 Å². The number of H-pyrrole nitrogens is 1. The standard InChI is InChI=1S/C17H23ClN6O.ClH/c1-2-4-12(20)17(25)23-13-8-22-16-14(13)15(11(18)7-21-16)24-6-3-5-10(19)9-24;/h7-8,10,20H,2-6,9,19H2,1H3,(H,21,22)(H,23,25);1H/t10-;/m1./s1. The number of aromatic nitrogens is 2. The number of hydrogen-bond donors (Lipinski definition) is 4. The van der Waals surface area contributed by atoms with Gasteiger partial charge in [0.05, 0.1) is 33.7 Å². The average Bonchev–Trinajstić information content (AvgIpc) is 2.98. The van der Waals surface area contributed by atoms with E-state index in [1.165, 1.54) is 0 Å². The molecule has 1 amide bonds. The highest BCUT2D eigenvalue weighted by molar-refractivity contribution is 6.42. The zero-order chi connectivity index (χ0) is 18.0. The second-order valence-electron chi connectivity index (χ2n) is 6.41. The summed E-state index contributed by atoms with van der Waals surface area (Å²) in [5.41, 5.74) is 8.25. The van der Waals surface area contributed by atoms with Crippen molar-refractivity contribution < 1.29 is 4.79 Å². The van der Waals surface area contributed by atoms with E-state index in [4.69, 9.17) is 22.7 Å². The number of piperidine rings is 1. The van der Waals surface area contributed by atoms with E-state index in [0.717, 1.165) is 36.9 Å². The Hall–Kier alpha value is -1.83. The maximum absolute atomic E-state index is 12.2. The number of pyridine rings is 1. The summed E-state index contributed by atoms with van der Waals surface area (Å²) in [6.45, 7) is 3.51. The van der Waals surface area contributed by atoms with Crippen LogP contribution >= 0.6 is 24.0 Å². The van der Waals surface area contributed by atoms with E-state index in [2.05, 4.69) is 20.2 Å². The number of hydrogen-bond acceptors (Lipinski definition) is 5. The lowest BCUT2D eigenvalue weighted by atomic mass is 10.1. The maximum Gasteiger partial charge on any atom is 0.269 e. The molecule has 0 saturated carbocycles. The molecule has 0 aromatic carbocycles. The smallest absolute Gasteiger partial charge is 0.269 e. The second kappa shape index (κ2) is 8.70. The predicted octanol–water partition coefficient (Wildman–Crippen LogP) is 3.32. The van der Waals surface area contributed by atoms with Crippen molar-refractivity contribution in [3.63, 3.8) is 0 Å². The van der Waals surface area contributed by atoms with Crippen LogP contribution in [0.15, 0.2) is 12.4 Å². The van der Waals surface area contributed by atoms with Crippen LogP contribution in [0.1, 0.15) is 32.6 Å². The van der Waals surface area contributed by atoms with Crippen LogP contribution in [0.2, 0.25) is 5.02 Å². The molecule has 26 heavy (non-hydrogen) atoms. The molecule has 0 aliphatic carbocycles. The number of nitrogens with zero attached hydrogens (tertiary/aromatic N) is 2. The Morgan fingerprint density at radius 2 is 2.35 bits per heavy atom. The SMILES string of the molecule is CCCC(=N)C(=O)Nc1c[nH]c2ncc(Cl)c(N3CCC[C@@H](N)C3)c12.Cl. The van der Waals surface area contributed by atoms with Gasteiger partial charge in [-0.05, 0) is 19.3 Å². The van der Waals surface area contributed by atoms with Crippen molar-refractivity contribution in [1.29, 1.82) is 5.41 Å². The topological polar surface area (TPSA) is 111 Å². The van der Waals surface area contributed by atoms with Gasteiger partial charge in [0.25, 0.3) is 5.91 Å². The molecule has 142 valence electrons. The molecule has 2 aromatic rings. The first kappa shape index (κ1) is 20.5. The lowest BCUT2D eigenvalue weighted by molar-refractivity contribution is -0.110. The van der Waals surface area contributed by atoms with Crippen LogP contribution in [0.5, 0.6) is 0 Å². The zero-order valence-corrected chi connectivity index (χ0v) is 16.2. The molecule has 3 heterocycles. The minimum atomic E-state index is -0.399. The van der Waals surface area contributed by atoms with Crippen LogP contribution in [0, 0.1) is 5.41 Å².